The second-order valence-electron chi connectivity index (χ2n) is 5.61. The summed E-state index contributed by atoms with van der Waals surface area (Å²) in [6, 6.07) is -0.0491. The maximum atomic E-state index is 12.0. The van der Waals surface area contributed by atoms with Crippen LogP contribution in [0.3, 0.4) is 0 Å². The van der Waals surface area contributed by atoms with Crippen LogP contribution in [0, 0.1) is 5.92 Å². The van der Waals surface area contributed by atoms with Gasteiger partial charge in [-0.1, -0.05) is 13.3 Å². The molecule has 5 heteroatoms. The Balaban J connectivity index is 2.58. The zero-order chi connectivity index (χ0) is 13.2. The minimum atomic E-state index is -0.988. The molecule has 1 rings (SSSR count). The molecular formula is C12H22N2O3. The Kier molecular flexibility index (Phi) is 4.01. The predicted octanol–water partition coefficient (Wildman–Crippen LogP) is 1.68. The van der Waals surface area contributed by atoms with Crippen LogP contribution in [0.25, 0.3) is 0 Å². The highest BCUT2D eigenvalue weighted by molar-refractivity contribution is 5.81. The molecule has 17 heavy (non-hydrogen) atoms. The van der Waals surface area contributed by atoms with Crippen LogP contribution in [0.1, 0.15) is 40.5 Å². The first-order valence-electron chi connectivity index (χ1n) is 6.05. The fourth-order valence-electron chi connectivity index (χ4n) is 1.86. The third-order valence-corrected chi connectivity index (χ3v) is 3.10. The van der Waals surface area contributed by atoms with Gasteiger partial charge in [0.25, 0.3) is 0 Å². The van der Waals surface area contributed by atoms with Gasteiger partial charge in [0.1, 0.15) is 6.54 Å². The van der Waals surface area contributed by atoms with E-state index in [0.29, 0.717) is 5.92 Å². The Morgan fingerprint density at radius 1 is 1.41 bits per heavy atom. The first-order chi connectivity index (χ1) is 7.75. The van der Waals surface area contributed by atoms with Crippen molar-refractivity contribution < 1.29 is 14.7 Å². The maximum Gasteiger partial charge on any atom is 0.323 e. The molecule has 2 atom stereocenters. The van der Waals surface area contributed by atoms with E-state index in [1.807, 2.05) is 20.8 Å². The molecule has 0 saturated heterocycles. The van der Waals surface area contributed by atoms with Crippen LogP contribution >= 0.6 is 0 Å². The average Bonchev–Trinajstić information content (AvgIpc) is 2.90. The van der Waals surface area contributed by atoms with E-state index < -0.39 is 11.5 Å². The van der Waals surface area contributed by atoms with Gasteiger partial charge in [-0.2, -0.15) is 0 Å². The molecule has 0 radical (unpaired) electrons. The molecule has 2 N–H and O–H groups in total. The van der Waals surface area contributed by atoms with Gasteiger partial charge in [0, 0.05) is 11.6 Å². The molecule has 0 aromatic carbocycles. The molecule has 0 spiro atoms. The third kappa shape index (κ3) is 3.91. The summed E-state index contributed by atoms with van der Waals surface area (Å²) in [7, 11) is 0. The minimum absolute atomic E-state index is 0.228. The summed E-state index contributed by atoms with van der Waals surface area (Å²) in [6.45, 7) is 7.33. The molecule has 0 heterocycles. The highest BCUT2D eigenvalue weighted by Crippen LogP contribution is 2.33. The SMILES string of the molecule is CCC1CC1NC(=O)N(CC(=O)O)C(C)(C)C. The summed E-state index contributed by atoms with van der Waals surface area (Å²) in [6.07, 6.45) is 2.06. The predicted molar refractivity (Wildman–Crippen MR) is 64.8 cm³/mol. The monoisotopic (exact) mass is 242 g/mol. The van der Waals surface area contributed by atoms with Crippen molar-refractivity contribution >= 4 is 12.0 Å². The number of carboxylic acids is 1. The van der Waals surface area contributed by atoms with E-state index >= 15 is 0 Å². The Morgan fingerprint density at radius 3 is 2.35 bits per heavy atom. The molecule has 0 aromatic heterocycles. The van der Waals surface area contributed by atoms with Crippen LogP contribution in [0.2, 0.25) is 0 Å². The van der Waals surface area contributed by atoms with Crippen molar-refractivity contribution in [2.24, 2.45) is 5.92 Å². The highest BCUT2D eigenvalue weighted by atomic mass is 16.4. The summed E-state index contributed by atoms with van der Waals surface area (Å²) < 4.78 is 0. The highest BCUT2D eigenvalue weighted by Gasteiger charge is 2.39. The lowest BCUT2D eigenvalue weighted by molar-refractivity contribution is -0.138. The van der Waals surface area contributed by atoms with Crippen molar-refractivity contribution in [1.82, 2.24) is 10.2 Å². The fourth-order valence-corrected chi connectivity index (χ4v) is 1.86. The van der Waals surface area contributed by atoms with Crippen molar-refractivity contribution in [3.05, 3.63) is 0 Å². The van der Waals surface area contributed by atoms with Crippen LogP contribution in [0.5, 0.6) is 0 Å². The quantitative estimate of drug-likeness (QED) is 0.788. The number of urea groups is 1. The summed E-state index contributed by atoms with van der Waals surface area (Å²) >= 11 is 0. The number of carbonyl (C=O) groups is 2. The Labute approximate surface area is 102 Å². The molecule has 1 fully saturated rings. The number of nitrogens with one attached hydrogen (secondary N) is 1. The van der Waals surface area contributed by atoms with Gasteiger partial charge in [0.2, 0.25) is 0 Å². The number of hydrogen-bond donors (Lipinski definition) is 2. The molecule has 2 amide bonds. The fraction of sp³-hybridized carbons (Fsp3) is 0.833. The largest absolute Gasteiger partial charge is 0.480 e. The standard InChI is InChI=1S/C12H22N2O3/c1-5-8-6-9(8)13-11(17)14(7-10(15)16)12(2,3)4/h8-9H,5-7H2,1-4H3,(H,13,17)(H,15,16). The summed E-state index contributed by atoms with van der Waals surface area (Å²) in [5.74, 6) is -0.427. The van der Waals surface area contributed by atoms with E-state index in [0.717, 1.165) is 12.8 Å². The van der Waals surface area contributed by atoms with E-state index in [4.69, 9.17) is 5.11 Å². The van der Waals surface area contributed by atoms with Gasteiger partial charge in [0.15, 0.2) is 0 Å². The van der Waals surface area contributed by atoms with Gasteiger partial charge in [-0.3, -0.25) is 4.79 Å². The van der Waals surface area contributed by atoms with Crippen molar-refractivity contribution in [2.45, 2.75) is 52.1 Å². The Morgan fingerprint density at radius 2 is 2.00 bits per heavy atom. The smallest absolute Gasteiger partial charge is 0.323 e. The van der Waals surface area contributed by atoms with Gasteiger partial charge in [-0.15, -0.1) is 0 Å². The molecule has 2 unspecified atom stereocenters. The van der Waals surface area contributed by atoms with Crippen molar-refractivity contribution in [3.63, 3.8) is 0 Å². The third-order valence-electron chi connectivity index (χ3n) is 3.10. The number of hydrogen-bond acceptors (Lipinski definition) is 2. The van der Waals surface area contributed by atoms with Crippen LogP contribution < -0.4 is 5.32 Å². The van der Waals surface area contributed by atoms with Crippen LogP contribution in [-0.4, -0.2) is 40.1 Å². The van der Waals surface area contributed by atoms with E-state index in [2.05, 4.69) is 12.2 Å². The van der Waals surface area contributed by atoms with E-state index in [1.165, 1.54) is 4.90 Å². The van der Waals surface area contributed by atoms with Crippen molar-refractivity contribution in [1.29, 1.82) is 0 Å². The van der Waals surface area contributed by atoms with Crippen molar-refractivity contribution in [3.8, 4) is 0 Å². The Bertz CT molecular complexity index is 309. The van der Waals surface area contributed by atoms with Gasteiger partial charge < -0.3 is 15.3 Å². The van der Waals surface area contributed by atoms with Gasteiger partial charge in [0.05, 0.1) is 0 Å². The van der Waals surface area contributed by atoms with E-state index in [1.54, 1.807) is 0 Å². The number of aliphatic carboxylic acids is 1. The molecule has 1 aliphatic rings. The Hall–Kier alpha value is -1.26. The zero-order valence-electron chi connectivity index (χ0n) is 11.0. The zero-order valence-corrected chi connectivity index (χ0v) is 11.0. The molecule has 1 aliphatic carbocycles. The minimum Gasteiger partial charge on any atom is -0.480 e. The van der Waals surface area contributed by atoms with Crippen LogP contribution in [0.4, 0.5) is 4.79 Å². The van der Waals surface area contributed by atoms with E-state index in [9.17, 15) is 9.59 Å². The number of amides is 2. The number of carboxylic acid groups (broad SMARTS) is 1. The summed E-state index contributed by atoms with van der Waals surface area (Å²) in [5.41, 5.74) is -0.487. The molecule has 98 valence electrons. The first kappa shape index (κ1) is 13.8. The average molecular weight is 242 g/mol. The molecule has 1 saturated carbocycles. The number of rotatable bonds is 4. The maximum absolute atomic E-state index is 12.0. The molecular weight excluding hydrogens is 220 g/mol. The topological polar surface area (TPSA) is 69.6 Å². The molecule has 5 nitrogen and oxygen atoms in total. The van der Waals surface area contributed by atoms with Crippen LogP contribution in [-0.2, 0) is 4.79 Å². The number of nitrogens with zero attached hydrogens (tertiary/aromatic N) is 1. The molecule has 0 aromatic rings. The first-order valence-corrected chi connectivity index (χ1v) is 6.05. The van der Waals surface area contributed by atoms with E-state index in [-0.39, 0.29) is 18.6 Å². The lowest BCUT2D eigenvalue weighted by Crippen LogP contribution is -2.53. The number of carbonyl (C=O) groups excluding carboxylic acids is 1. The van der Waals surface area contributed by atoms with Crippen LogP contribution in [0.15, 0.2) is 0 Å². The van der Waals surface area contributed by atoms with Crippen molar-refractivity contribution in [2.75, 3.05) is 6.54 Å². The van der Waals surface area contributed by atoms with Gasteiger partial charge >= 0.3 is 12.0 Å². The molecule has 0 aliphatic heterocycles. The normalized spacial score (nSPS) is 23.1. The second kappa shape index (κ2) is 4.94. The van der Waals surface area contributed by atoms with Gasteiger partial charge in [-0.25, -0.2) is 4.79 Å². The lowest BCUT2D eigenvalue weighted by atomic mass is 10.1. The lowest BCUT2D eigenvalue weighted by Gasteiger charge is -2.34. The summed E-state index contributed by atoms with van der Waals surface area (Å²) in [5, 5.41) is 11.7. The van der Waals surface area contributed by atoms with Gasteiger partial charge in [-0.05, 0) is 33.1 Å². The second-order valence-corrected chi connectivity index (χ2v) is 5.61. The summed E-state index contributed by atoms with van der Waals surface area (Å²) in [4.78, 5) is 24.1. The molecule has 0 bridgehead atoms.